The maximum atomic E-state index is 10.9. The van der Waals surface area contributed by atoms with Crippen LogP contribution in [0.4, 0.5) is 0 Å². The van der Waals surface area contributed by atoms with Crippen molar-refractivity contribution in [2.45, 2.75) is 25.3 Å². The highest BCUT2D eigenvalue weighted by atomic mass is 16.6. The predicted octanol–water partition coefficient (Wildman–Crippen LogP) is -0.319. The van der Waals surface area contributed by atoms with Gasteiger partial charge in [-0.25, -0.2) is 4.79 Å². The van der Waals surface area contributed by atoms with Gasteiger partial charge >= 0.3 is 5.97 Å². The van der Waals surface area contributed by atoms with Crippen LogP contribution in [0.1, 0.15) is 19.8 Å². The monoisotopic (exact) mass is 217 g/mol. The van der Waals surface area contributed by atoms with E-state index in [-0.39, 0.29) is 24.7 Å². The van der Waals surface area contributed by atoms with E-state index < -0.39 is 0 Å². The Morgan fingerprint density at radius 1 is 1.53 bits per heavy atom. The second kappa shape index (κ2) is 6.05. The summed E-state index contributed by atoms with van der Waals surface area (Å²) in [7, 11) is 0. The van der Waals surface area contributed by atoms with Gasteiger partial charge in [-0.3, -0.25) is 0 Å². The largest absolute Gasteiger partial charge is 0.464 e. The van der Waals surface area contributed by atoms with Gasteiger partial charge in [-0.05, 0) is 19.8 Å². The van der Waals surface area contributed by atoms with Gasteiger partial charge in [-0.2, -0.15) is 0 Å². The third-order valence-corrected chi connectivity index (χ3v) is 2.43. The standard InChI is InChI=1S/C10H19NO4/c1-2-15-9(13)7-14-6-5-11-10(8-12)3-4-10/h11-12H,2-8H2,1H3. The predicted molar refractivity (Wildman–Crippen MR) is 54.5 cm³/mol. The third-order valence-electron chi connectivity index (χ3n) is 2.43. The van der Waals surface area contributed by atoms with Gasteiger partial charge in [0.1, 0.15) is 6.61 Å². The van der Waals surface area contributed by atoms with Crippen LogP contribution < -0.4 is 5.32 Å². The summed E-state index contributed by atoms with van der Waals surface area (Å²) in [5.41, 5.74) is -0.0622. The van der Waals surface area contributed by atoms with E-state index in [4.69, 9.17) is 14.6 Å². The summed E-state index contributed by atoms with van der Waals surface area (Å²) in [4.78, 5) is 10.9. The number of ether oxygens (including phenoxy) is 2. The molecule has 0 bridgehead atoms. The number of hydrogen-bond donors (Lipinski definition) is 2. The van der Waals surface area contributed by atoms with Crippen LogP contribution in [-0.4, -0.2) is 49.6 Å². The summed E-state index contributed by atoms with van der Waals surface area (Å²) in [6.45, 7) is 3.43. The molecule has 0 aliphatic heterocycles. The second-order valence-corrected chi connectivity index (χ2v) is 3.72. The van der Waals surface area contributed by atoms with E-state index in [0.29, 0.717) is 19.8 Å². The number of aliphatic hydroxyl groups excluding tert-OH is 1. The maximum Gasteiger partial charge on any atom is 0.332 e. The topological polar surface area (TPSA) is 67.8 Å². The van der Waals surface area contributed by atoms with Crippen molar-refractivity contribution in [2.24, 2.45) is 0 Å². The van der Waals surface area contributed by atoms with Crippen molar-refractivity contribution >= 4 is 5.97 Å². The zero-order valence-corrected chi connectivity index (χ0v) is 9.12. The number of carbonyl (C=O) groups excluding carboxylic acids is 1. The van der Waals surface area contributed by atoms with Crippen molar-refractivity contribution in [1.29, 1.82) is 0 Å². The van der Waals surface area contributed by atoms with E-state index in [9.17, 15) is 4.79 Å². The minimum absolute atomic E-state index is 0.00163. The molecule has 1 aliphatic rings. The number of aliphatic hydroxyl groups is 1. The highest BCUT2D eigenvalue weighted by Crippen LogP contribution is 2.34. The molecule has 1 fully saturated rings. The van der Waals surface area contributed by atoms with Gasteiger partial charge in [0.25, 0.3) is 0 Å². The van der Waals surface area contributed by atoms with Crippen molar-refractivity contribution in [2.75, 3.05) is 33.0 Å². The van der Waals surface area contributed by atoms with Gasteiger partial charge < -0.3 is 19.9 Å². The summed E-state index contributed by atoms with van der Waals surface area (Å²) < 4.78 is 9.80. The summed E-state index contributed by atoms with van der Waals surface area (Å²) in [6, 6.07) is 0. The molecule has 5 heteroatoms. The fourth-order valence-corrected chi connectivity index (χ4v) is 1.29. The number of esters is 1. The van der Waals surface area contributed by atoms with E-state index in [1.807, 2.05) is 0 Å². The summed E-state index contributed by atoms with van der Waals surface area (Å²) in [5, 5.41) is 12.2. The fraction of sp³-hybridized carbons (Fsp3) is 0.900. The molecule has 0 aromatic heterocycles. The Labute approximate surface area is 89.8 Å². The molecule has 88 valence electrons. The molecule has 0 spiro atoms. The maximum absolute atomic E-state index is 10.9. The lowest BCUT2D eigenvalue weighted by Crippen LogP contribution is -2.37. The van der Waals surface area contributed by atoms with Crippen molar-refractivity contribution in [3.8, 4) is 0 Å². The summed E-state index contributed by atoms with van der Waals surface area (Å²) in [6.07, 6.45) is 2.03. The highest BCUT2D eigenvalue weighted by molar-refractivity contribution is 5.70. The zero-order chi connectivity index (χ0) is 11.1. The Morgan fingerprint density at radius 3 is 2.80 bits per heavy atom. The molecule has 1 rings (SSSR count). The Hall–Kier alpha value is -0.650. The SMILES string of the molecule is CCOC(=O)COCCNC1(CO)CC1. The van der Waals surface area contributed by atoms with Crippen molar-refractivity contribution < 1.29 is 19.4 Å². The molecule has 1 saturated carbocycles. The average Bonchev–Trinajstić information content (AvgIpc) is 2.99. The highest BCUT2D eigenvalue weighted by Gasteiger charge is 2.41. The first-order valence-corrected chi connectivity index (χ1v) is 5.32. The first kappa shape index (κ1) is 12.4. The minimum atomic E-state index is -0.333. The first-order chi connectivity index (χ1) is 7.22. The molecule has 0 atom stereocenters. The van der Waals surface area contributed by atoms with Crippen LogP contribution in [0.2, 0.25) is 0 Å². The van der Waals surface area contributed by atoms with E-state index in [2.05, 4.69) is 5.32 Å². The molecule has 1 aliphatic carbocycles. The summed E-state index contributed by atoms with van der Waals surface area (Å²) >= 11 is 0. The smallest absolute Gasteiger partial charge is 0.332 e. The van der Waals surface area contributed by atoms with Crippen LogP contribution >= 0.6 is 0 Å². The normalized spacial score (nSPS) is 17.5. The minimum Gasteiger partial charge on any atom is -0.464 e. The van der Waals surface area contributed by atoms with Gasteiger partial charge in [0.05, 0.1) is 19.8 Å². The zero-order valence-electron chi connectivity index (χ0n) is 9.12. The lowest BCUT2D eigenvalue weighted by molar-refractivity contribution is -0.148. The fourth-order valence-electron chi connectivity index (χ4n) is 1.29. The molecule has 0 unspecified atom stereocenters. The van der Waals surface area contributed by atoms with Crippen LogP contribution in [0.5, 0.6) is 0 Å². The lowest BCUT2D eigenvalue weighted by atomic mass is 10.3. The third kappa shape index (κ3) is 4.59. The van der Waals surface area contributed by atoms with E-state index in [1.54, 1.807) is 6.92 Å². The second-order valence-electron chi connectivity index (χ2n) is 3.72. The Morgan fingerprint density at radius 2 is 2.27 bits per heavy atom. The Bertz CT molecular complexity index is 204. The number of carbonyl (C=O) groups is 1. The number of nitrogens with one attached hydrogen (secondary N) is 1. The van der Waals surface area contributed by atoms with Crippen LogP contribution in [0.25, 0.3) is 0 Å². The van der Waals surface area contributed by atoms with E-state index >= 15 is 0 Å². The van der Waals surface area contributed by atoms with Crippen LogP contribution in [0.15, 0.2) is 0 Å². The first-order valence-electron chi connectivity index (χ1n) is 5.32. The molecule has 0 amide bonds. The van der Waals surface area contributed by atoms with E-state index in [1.165, 1.54) is 0 Å². The lowest BCUT2D eigenvalue weighted by Gasteiger charge is -2.13. The van der Waals surface area contributed by atoms with Crippen LogP contribution in [0.3, 0.4) is 0 Å². The van der Waals surface area contributed by atoms with Gasteiger partial charge in [0, 0.05) is 12.1 Å². The van der Waals surface area contributed by atoms with Gasteiger partial charge in [-0.15, -0.1) is 0 Å². The van der Waals surface area contributed by atoms with Crippen molar-refractivity contribution in [3.05, 3.63) is 0 Å². The Balaban J connectivity index is 1.91. The molecule has 0 heterocycles. The van der Waals surface area contributed by atoms with Crippen molar-refractivity contribution in [1.82, 2.24) is 5.32 Å². The molecular weight excluding hydrogens is 198 g/mol. The van der Waals surface area contributed by atoms with E-state index in [0.717, 1.165) is 12.8 Å². The van der Waals surface area contributed by atoms with Gasteiger partial charge in [0.2, 0.25) is 0 Å². The molecule has 0 aromatic rings. The molecule has 5 nitrogen and oxygen atoms in total. The van der Waals surface area contributed by atoms with Gasteiger partial charge in [-0.1, -0.05) is 0 Å². The number of hydrogen-bond acceptors (Lipinski definition) is 5. The molecule has 0 saturated heterocycles. The van der Waals surface area contributed by atoms with Crippen LogP contribution in [-0.2, 0) is 14.3 Å². The Kier molecular flexibility index (Phi) is 5.01. The molecule has 0 aromatic carbocycles. The quantitative estimate of drug-likeness (QED) is 0.431. The average molecular weight is 217 g/mol. The molecule has 2 N–H and O–H groups in total. The molecule has 15 heavy (non-hydrogen) atoms. The van der Waals surface area contributed by atoms with Crippen molar-refractivity contribution in [3.63, 3.8) is 0 Å². The van der Waals surface area contributed by atoms with Gasteiger partial charge in [0.15, 0.2) is 0 Å². The molecule has 0 radical (unpaired) electrons. The van der Waals surface area contributed by atoms with Crippen LogP contribution in [0, 0.1) is 0 Å². The summed E-state index contributed by atoms with van der Waals surface area (Å²) in [5.74, 6) is -0.333. The number of rotatable bonds is 8. The molecular formula is C10H19NO4.